The largest absolute Gasteiger partial charge is 0.480 e. The molecule has 0 aromatic rings. The number of aliphatic carboxylic acids is 1. The molecule has 122 valence electrons. The first-order valence-corrected chi connectivity index (χ1v) is 7.86. The summed E-state index contributed by atoms with van der Waals surface area (Å²) < 4.78 is 0. The van der Waals surface area contributed by atoms with Gasteiger partial charge in [0.1, 0.15) is 5.54 Å². The van der Waals surface area contributed by atoms with Crippen LogP contribution in [0.1, 0.15) is 52.4 Å². The van der Waals surface area contributed by atoms with Crippen LogP contribution in [0.25, 0.3) is 0 Å². The summed E-state index contributed by atoms with van der Waals surface area (Å²) in [6.45, 7) is 4.70. The normalized spacial score (nSPS) is 25.4. The van der Waals surface area contributed by atoms with Crippen LogP contribution in [0.3, 0.4) is 0 Å². The Morgan fingerprint density at radius 1 is 1.38 bits per heavy atom. The van der Waals surface area contributed by atoms with Crippen molar-refractivity contribution in [3.05, 3.63) is 0 Å². The summed E-state index contributed by atoms with van der Waals surface area (Å²) in [5.41, 5.74) is -1.16. The number of nitrogens with one attached hydrogen (secondary N) is 1. The second-order valence-electron chi connectivity index (χ2n) is 6.08. The van der Waals surface area contributed by atoms with E-state index in [2.05, 4.69) is 5.32 Å². The van der Waals surface area contributed by atoms with Gasteiger partial charge >= 0.3 is 12.0 Å². The lowest BCUT2D eigenvalue weighted by molar-refractivity contribution is -0.146. The second kappa shape index (κ2) is 8.22. The molecule has 0 aliphatic heterocycles. The van der Waals surface area contributed by atoms with Crippen molar-refractivity contribution >= 4 is 12.0 Å². The molecule has 0 bridgehead atoms. The molecule has 0 aromatic heterocycles. The van der Waals surface area contributed by atoms with E-state index in [4.69, 9.17) is 5.11 Å². The number of carboxylic acids is 1. The van der Waals surface area contributed by atoms with Gasteiger partial charge in [-0.2, -0.15) is 0 Å². The van der Waals surface area contributed by atoms with Gasteiger partial charge in [-0.1, -0.05) is 33.1 Å². The van der Waals surface area contributed by atoms with Gasteiger partial charge in [-0.05, 0) is 25.2 Å². The maximum Gasteiger partial charge on any atom is 0.329 e. The number of aliphatic hydroxyl groups is 1. The van der Waals surface area contributed by atoms with Crippen LogP contribution in [0.15, 0.2) is 0 Å². The molecule has 0 aromatic carbocycles. The molecule has 0 radical (unpaired) electrons. The molecule has 1 fully saturated rings. The molecule has 1 aliphatic carbocycles. The minimum absolute atomic E-state index is 0.117. The van der Waals surface area contributed by atoms with Crippen LogP contribution in [0.2, 0.25) is 0 Å². The van der Waals surface area contributed by atoms with Crippen molar-refractivity contribution in [2.45, 2.75) is 57.9 Å². The molecule has 1 saturated carbocycles. The fourth-order valence-corrected chi connectivity index (χ4v) is 2.98. The zero-order valence-corrected chi connectivity index (χ0v) is 13.1. The number of hydrogen-bond donors (Lipinski definition) is 3. The van der Waals surface area contributed by atoms with Crippen molar-refractivity contribution < 1.29 is 19.8 Å². The smallest absolute Gasteiger partial charge is 0.329 e. The number of amides is 2. The molecule has 0 spiro atoms. The molecule has 2 amide bonds. The minimum Gasteiger partial charge on any atom is -0.480 e. The number of hydrogen-bond acceptors (Lipinski definition) is 3. The van der Waals surface area contributed by atoms with Crippen molar-refractivity contribution in [2.24, 2.45) is 5.92 Å². The number of rotatable bonds is 7. The van der Waals surface area contributed by atoms with Gasteiger partial charge in [0.2, 0.25) is 0 Å². The van der Waals surface area contributed by atoms with Crippen LogP contribution < -0.4 is 5.32 Å². The maximum atomic E-state index is 12.4. The van der Waals surface area contributed by atoms with Gasteiger partial charge < -0.3 is 20.4 Å². The van der Waals surface area contributed by atoms with E-state index in [-0.39, 0.29) is 25.1 Å². The Labute approximate surface area is 126 Å². The van der Waals surface area contributed by atoms with E-state index in [1.165, 1.54) is 4.90 Å². The summed E-state index contributed by atoms with van der Waals surface area (Å²) >= 11 is 0. The van der Waals surface area contributed by atoms with Gasteiger partial charge in [0.25, 0.3) is 0 Å². The third-order valence-electron chi connectivity index (χ3n) is 4.19. The summed E-state index contributed by atoms with van der Waals surface area (Å²) in [7, 11) is 0. The van der Waals surface area contributed by atoms with E-state index in [0.717, 1.165) is 25.7 Å². The van der Waals surface area contributed by atoms with Gasteiger partial charge in [0.05, 0.1) is 6.61 Å². The number of carbonyl (C=O) groups excluding carboxylic acids is 1. The van der Waals surface area contributed by atoms with Crippen LogP contribution in [0, 0.1) is 5.92 Å². The van der Waals surface area contributed by atoms with E-state index in [9.17, 15) is 14.7 Å². The molecule has 2 atom stereocenters. The van der Waals surface area contributed by atoms with Crippen LogP contribution in [-0.2, 0) is 4.79 Å². The fourth-order valence-electron chi connectivity index (χ4n) is 2.98. The Hall–Kier alpha value is -1.30. The predicted molar refractivity (Wildman–Crippen MR) is 80.1 cm³/mol. The number of nitrogens with zero attached hydrogens (tertiary/aromatic N) is 1. The second-order valence-corrected chi connectivity index (χ2v) is 6.08. The average molecular weight is 300 g/mol. The van der Waals surface area contributed by atoms with Gasteiger partial charge in [0, 0.05) is 13.1 Å². The first-order valence-electron chi connectivity index (χ1n) is 7.86. The lowest BCUT2D eigenvalue weighted by atomic mass is 9.76. The number of urea groups is 1. The topological polar surface area (TPSA) is 89.9 Å². The van der Waals surface area contributed by atoms with Crippen molar-refractivity contribution in [2.75, 3.05) is 19.7 Å². The van der Waals surface area contributed by atoms with E-state index in [1.807, 2.05) is 13.8 Å². The summed E-state index contributed by atoms with van der Waals surface area (Å²) in [5, 5.41) is 21.4. The highest BCUT2D eigenvalue weighted by Crippen LogP contribution is 2.32. The first kappa shape index (κ1) is 17.8. The lowest BCUT2D eigenvalue weighted by Gasteiger charge is -2.38. The monoisotopic (exact) mass is 300 g/mol. The molecular weight excluding hydrogens is 272 g/mol. The van der Waals surface area contributed by atoms with Gasteiger partial charge in [-0.25, -0.2) is 9.59 Å². The Morgan fingerprint density at radius 2 is 2.10 bits per heavy atom. The Morgan fingerprint density at radius 3 is 2.62 bits per heavy atom. The molecule has 0 saturated heterocycles. The number of carboxylic acid groups (broad SMARTS) is 1. The molecule has 21 heavy (non-hydrogen) atoms. The van der Waals surface area contributed by atoms with Crippen LogP contribution in [0.5, 0.6) is 0 Å². The molecule has 1 rings (SSSR count). The third-order valence-corrected chi connectivity index (χ3v) is 4.19. The summed E-state index contributed by atoms with van der Waals surface area (Å²) in [6.07, 6.45) is 4.53. The van der Waals surface area contributed by atoms with Gasteiger partial charge in [-0.15, -0.1) is 0 Å². The van der Waals surface area contributed by atoms with Crippen molar-refractivity contribution in [3.8, 4) is 0 Å². The molecule has 1 aliphatic rings. The minimum atomic E-state index is -1.16. The number of carbonyl (C=O) groups is 2. The first-order chi connectivity index (χ1) is 9.95. The van der Waals surface area contributed by atoms with Crippen molar-refractivity contribution in [3.63, 3.8) is 0 Å². The third kappa shape index (κ3) is 4.88. The van der Waals surface area contributed by atoms with Crippen molar-refractivity contribution in [1.29, 1.82) is 0 Å². The molecule has 6 heteroatoms. The number of aliphatic hydroxyl groups excluding tert-OH is 1. The quantitative estimate of drug-likeness (QED) is 0.669. The Balaban J connectivity index is 2.76. The highest BCUT2D eigenvalue weighted by molar-refractivity contribution is 5.86. The molecule has 0 heterocycles. The lowest BCUT2D eigenvalue weighted by Crippen LogP contribution is -2.60. The van der Waals surface area contributed by atoms with E-state index < -0.39 is 11.5 Å². The zero-order valence-electron chi connectivity index (χ0n) is 13.1. The van der Waals surface area contributed by atoms with Crippen LogP contribution in [0.4, 0.5) is 4.79 Å². The highest BCUT2D eigenvalue weighted by atomic mass is 16.4. The van der Waals surface area contributed by atoms with E-state index >= 15 is 0 Å². The molecule has 6 nitrogen and oxygen atoms in total. The van der Waals surface area contributed by atoms with E-state index in [1.54, 1.807) is 0 Å². The van der Waals surface area contributed by atoms with Crippen LogP contribution >= 0.6 is 0 Å². The summed E-state index contributed by atoms with van der Waals surface area (Å²) in [6, 6.07) is -0.381. The fraction of sp³-hybridized carbons (Fsp3) is 0.867. The number of unbranched alkanes of at least 4 members (excludes halogenated alkanes) is 1. The Kier molecular flexibility index (Phi) is 6.95. The standard InChI is InChI=1S/C15H28N2O4/c1-3-4-8-17(9-10-18)14(21)16-15(13(19)20)7-5-6-12(2)11-15/h12,18H,3-11H2,1-2H3,(H,16,21)(H,19,20). The maximum absolute atomic E-state index is 12.4. The Bertz CT molecular complexity index is 362. The van der Waals surface area contributed by atoms with Gasteiger partial charge in [-0.3, -0.25) is 0 Å². The van der Waals surface area contributed by atoms with E-state index in [0.29, 0.717) is 19.4 Å². The van der Waals surface area contributed by atoms with Crippen LogP contribution in [-0.4, -0.2) is 52.3 Å². The molecular formula is C15H28N2O4. The predicted octanol–water partition coefficient (Wildman–Crippen LogP) is 1.82. The zero-order chi connectivity index (χ0) is 15.9. The summed E-state index contributed by atoms with van der Waals surface area (Å²) in [5.74, 6) is -0.668. The highest BCUT2D eigenvalue weighted by Gasteiger charge is 2.43. The van der Waals surface area contributed by atoms with Crippen molar-refractivity contribution in [1.82, 2.24) is 10.2 Å². The SMILES string of the molecule is CCCCN(CCO)C(=O)NC1(C(=O)O)CCCC(C)C1. The van der Waals surface area contributed by atoms with Gasteiger partial charge in [0.15, 0.2) is 0 Å². The molecule has 2 unspecified atom stereocenters. The molecule has 3 N–H and O–H groups in total. The summed E-state index contributed by atoms with van der Waals surface area (Å²) in [4.78, 5) is 25.5. The average Bonchev–Trinajstić information content (AvgIpc) is 2.43.